The Morgan fingerprint density at radius 1 is 1.05 bits per heavy atom. The summed E-state index contributed by atoms with van der Waals surface area (Å²) in [6, 6.07) is 0. The zero-order valence-corrected chi connectivity index (χ0v) is 15.7. The van der Waals surface area contributed by atoms with Gasteiger partial charge >= 0.3 is 131 Å². The molecule has 0 rings (SSSR count). The Kier molecular flexibility index (Phi) is 11.3. The summed E-state index contributed by atoms with van der Waals surface area (Å²) in [5.74, 6) is 0.799. The summed E-state index contributed by atoms with van der Waals surface area (Å²) in [6.45, 7) is 8.87. The molecular weight excluding hydrogens is 283 g/mol. The van der Waals surface area contributed by atoms with E-state index in [2.05, 4.69) is 33.8 Å². The molecule has 0 fully saturated rings. The van der Waals surface area contributed by atoms with Crippen molar-refractivity contribution in [2.24, 2.45) is 5.92 Å². The van der Waals surface area contributed by atoms with Crippen LogP contribution in [-0.4, -0.2) is 25.3 Å². The van der Waals surface area contributed by atoms with Crippen molar-refractivity contribution < 1.29 is 13.9 Å². The molecule has 0 aliphatic heterocycles. The summed E-state index contributed by atoms with van der Waals surface area (Å²) in [5.41, 5.74) is 2.77. The van der Waals surface area contributed by atoms with Crippen LogP contribution in [0.15, 0.2) is 23.3 Å². The van der Waals surface area contributed by atoms with Gasteiger partial charge in [0.2, 0.25) is 0 Å². The van der Waals surface area contributed by atoms with Crippen LogP contribution >= 0.6 is 7.94 Å². The summed E-state index contributed by atoms with van der Waals surface area (Å²) in [5, 5.41) is 0. The minimum absolute atomic E-state index is 0.489. The van der Waals surface area contributed by atoms with Gasteiger partial charge in [-0.1, -0.05) is 0 Å². The molecule has 0 aliphatic carbocycles. The SMILES string of the molecule is CO[PH](O)(CC=C(C)CCC=C(C)CCCC(C)C)OC. The molecule has 0 radical (unpaired) electrons. The van der Waals surface area contributed by atoms with Gasteiger partial charge in [0, 0.05) is 0 Å². The summed E-state index contributed by atoms with van der Waals surface area (Å²) in [6.07, 6.45) is 10.8. The first-order chi connectivity index (χ1) is 9.83. The third-order valence-electron chi connectivity index (χ3n) is 3.73. The molecule has 0 saturated heterocycles. The predicted octanol–water partition coefficient (Wildman–Crippen LogP) is 5.27. The van der Waals surface area contributed by atoms with E-state index >= 15 is 0 Å². The molecule has 0 aliphatic rings. The first kappa shape index (κ1) is 20.8. The van der Waals surface area contributed by atoms with Gasteiger partial charge in [-0.05, 0) is 0 Å². The van der Waals surface area contributed by atoms with Crippen LogP contribution in [0.5, 0.6) is 0 Å². The first-order valence-corrected chi connectivity index (χ1v) is 9.94. The van der Waals surface area contributed by atoms with Gasteiger partial charge in [-0.25, -0.2) is 0 Å². The summed E-state index contributed by atoms with van der Waals surface area (Å²) < 4.78 is 10.1. The minimum atomic E-state index is -2.94. The second-order valence-electron chi connectivity index (χ2n) is 6.25. The van der Waals surface area contributed by atoms with Crippen LogP contribution in [-0.2, 0) is 9.05 Å². The molecule has 0 saturated carbocycles. The Morgan fingerprint density at radius 3 is 2.14 bits per heavy atom. The Bertz CT molecular complexity index is 331. The molecule has 0 bridgehead atoms. The molecular formula is C17H35O3P. The van der Waals surface area contributed by atoms with Crippen molar-refractivity contribution in [1.82, 2.24) is 0 Å². The molecule has 126 valence electrons. The van der Waals surface area contributed by atoms with Crippen LogP contribution in [0.3, 0.4) is 0 Å². The first-order valence-electron chi connectivity index (χ1n) is 7.97. The third kappa shape index (κ3) is 11.1. The Morgan fingerprint density at radius 2 is 1.62 bits per heavy atom. The number of rotatable bonds is 11. The molecule has 0 amide bonds. The van der Waals surface area contributed by atoms with Gasteiger partial charge in [0.25, 0.3) is 0 Å². The van der Waals surface area contributed by atoms with E-state index in [1.165, 1.54) is 44.6 Å². The summed E-state index contributed by atoms with van der Waals surface area (Å²) in [7, 11) is 0.0629. The predicted molar refractivity (Wildman–Crippen MR) is 94.9 cm³/mol. The second-order valence-corrected chi connectivity index (χ2v) is 8.90. The van der Waals surface area contributed by atoms with Crippen LogP contribution in [0.1, 0.15) is 59.8 Å². The van der Waals surface area contributed by atoms with E-state index in [0.717, 1.165) is 18.8 Å². The number of allylic oxidation sites excluding steroid dienone is 4. The van der Waals surface area contributed by atoms with Crippen LogP contribution in [0, 0.1) is 5.92 Å². The van der Waals surface area contributed by atoms with Gasteiger partial charge in [-0.15, -0.1) is 0 Å². The standard InChI is InChI=1S/C17H35O3P/c1-15(2)9-7-10-16(3)11-8-12-17(4)13-14-21(18,19-5)20-6/h11,13,15,18,21H,7-10,12,14H2,1-6H3. The summed E-state index contributed by atoms with van der Waals surface area (Å²) in [4.78, 5) is 9.97. The second kappa shape index (κ2) is 11.4. The Balaban J connectivity index is 4.04. The van der Waals surface area contributed by atoms with Crippen molar-refractivity contribution in [2.75, 3.05) is 20.4 Å². The van der Waals surface area contributed by atoms with Crippen molar-refractivity contribution in [3.8, 4) is 0 Å². The fourth-order valence-corrected chi connectivity index (χ4v) is 3.20. The molecule has 4 heteroatoms. The van der Waals surface area contributed by atoms with E-state index in [0.29, 0.717) is 6.16 Å². The molecule has 21 heavy (non-hydrogen) atoms. The van der Waals surface area contributed by atoms with Crippen LogP contribution in [0.2, 0.25) is 0 Å². The normalized spacial score (nSPS) is 14.9. The molecule has 0 aromatic rings. The quantitative estimate of drug-likeness (QED) is 0.417. The van der Waals surface area contributed by atoms with Gasteiger partial charge in [0.05, 0.1) is 0 Å². The van der Waals surface area contributed by atoms with E-state index in [-0.39, 0.29) is 0 Å². The van der Waals surface area contributed by atoms with E-state index in [4.69, 9.17) is 9.05 Å². The van der Waals surface area contributed by atoms with Gasteiger partial charge in [-0.2, -0.15) is 0 Å². The van der Waals surface area contributed by atoms with Gasteiger partial charge in [0.1, 0.15) is 0 Å². The zero-order chi connectivity index (χ0) is 16.3. The molecule has 0 spiro atoms. The van der Waals surface area contributed by atoms with E-state index in [1.54, 1.807) is 0 Å². The average Bonchev–Trinajstić information content (AvgIpc) is 2.44. The van der Waals surface area contributed by atoms with Gasteiger partial charge in [-0.3, -0.25) is 0 Å². The van der Waals surface area contributed by atoms with Crippen molar-refractivity contribution in [3.63, 3.8) is 0 Å². The molecule has 3 nitrogen and oxygen atoms in total. The fraction of sp³-hybridized carbons (Fsp3) is 0.765. The number of hydrogen-bond acceptors (Lipinski definition) is 3. The average molecular weight is 318 g/mol. The van der Waals surface area contributed by atoms with Crippen LogP contribution in [0.25, 0.3) is 0 Å². The topological polar surface area (TPSA) is 38.7 Å². The van der Waals surface area contributed by atoms with Crippen molar-refractivity contribution >= 4 is 7.94 Å². The maximum absolute atomic E-state index is 9.97. The monoisotopic (exact) mass is 318 g/mol. The Labute approximate surface area is 132 Å². The van der Waals surface area contributed by atoms with Gasteiger partial charge in [0.15, 0.2) is 0 Å². The molecule has 0 atom stereocenters. The number of hydrogen-bond donors (Lipinski definition) is 1. The van der Waals surface area contributed by atoms with Crippen LogP contribution < -0.4 is 0 Å². The van der Waals surface area contributed by atoms with E-state index in [9.17, 15) is 4.89 Å². The molecule has 0 aromatic carbocycles. The zero-order valence-electron chi connectivity index (χ0n) is 14.7. The molecule has 0 unspecified atom stereocenters. The maximum atomic E-state index is 9.97. The van der Waals surface area contributed by atoms with Crippen molar-refractivity contribution in [3.05, 3.63) is 23.3 Å². The van der Waals surface area contributed by atoms with Crippen LogP contribution in [0.4, 0.5) is 0 Å². The molecule has 0 heterocycles. The van der Waals surface area contributed by atoms with E-state index in [1.807, 2.05) is 6.08 Å². The third-order valence-corrected chi connectivity index (χ3v) is 5.73. The van der Waals surface area contributed by atoms with Crippen molar-refractivity contribution in [1.29, 1.82) is 0 Å². The Hall–Kier alpha value is -0.210. The van der Waals surface area contributed by atoms with Gasteiger partial charge < -0.3 is 0 Å². The van der Waals surface area contributed by atoms with E-state index < -0.39 is 7.94 Å². The van der Waals surface area contributed by atoms with Crippen molar-refractivity contribution in [2.45, 2.75) is 59.8 Å². The fourth-order valence-electron chi connectivity index (χ4n) is 2.09. The summed E-state index contributed by atoms with van der Waals surface area (Å²) >= 11 is 0. The molecule has 1 N–H and O–H groups in total. The molecule has 0 aromatic heterocycles.